The maximum absolute atomic E-state index is 3.79. The van der Waals surface area contributed by atoms with E-state index in [1.54, 1.807) is 4.88 Å². The Morgan fingerprint density at radius 3 is 2.63 bits per heavy atom. The monoisotopic (exact) mass is 279 g/mol. The Balaban J connectivity index is 2.31. The van der Waals surface area contributed by atoms with Crippen LogP contribution in [0.15, 0.2) is 6.07 Å². The standard InChI is InChI=1S/C17H29NS/c1-6-18-15(16-12(2)11-13(3)19-16)14-9-7-8-10-17(14,4)5/h11,14-15,18H,6-10H2,1-5H3. The molecule has 1 saturated carbocycles. The van der Waals surface area contributed by atoms with Gasteiger partial charge in [0.25, 0.3) is 0 Å². The van der Waals surface area contributed by atoms with Crippen molar-refractivity contribution >= 4 is 11.3 Å². The Bertz CT molecular complexity index is 419. The van der Waals surface area contributed by atoms with Crippen molar-refractivity contribution < 1.29 is 0 Å². The zero-order valence-electron chi connectivity index (χ0n) is 13.2. The third-order valence-electron chi connectivity index (χ3n) is 4.78. The Morgan fingerprint density at radius 2 is 2.11 bits per heavy atom. The van der Waals surface area contributed by atoms with Crippen LogP contribution in [0.3, 0.4) is 0 Å². The number of thiophene rings is 1. The largest absolute Gasteiger partial charge is 0.309 e. The fourth-order valence-electron chi connectivity index (χ4n) is 3.74. The SMILES string of the molecule is CCNC(c1sc(C)cc1C)C1CCCCC1(C)C. The minimum Gasteiger partial charge on any atom is -0.309 e. The van der Waals surface area contributed by atoms with Gasteiger partial charge in [-0.15, -0.1) is 11.3 Å². The highest BCUT2D eigenvalue weighted by Crippen LogP contribution is 2.48. The molecule has 0 radical (unpaired) electrons. The molecule has 1 nitrogen and oxygen atoms in total. The summed E-state index contributed by atoms with van der Waals surface area (Å²) in [6.07, 6.45) is 5.56. The minimum atomic E-state index is 0.468. The van der Waals surface area contributed by atoms with E-state index in [0.717, 1.165) is 12.5 Å². The van der Waals surface area contributed by atoms with Gasteiger partial charge in [-0.1, -0.05) is 33.6 Å². The van der Waals surface area contributed by atoms with Crippen molar-refractivity contribution in [3.05, 3.63) is 21.4 Å². The molecule has 0 aromatic carbocycles. The Hall–Kier alpha value is -0.340. The molecule has 1 fully saturated rings. The molecule has 19 heavy (non-hydrogen) atoms. The second-order valence-electron chi connectivity index (χ2n) is 6.78. The number of rotatable bonds is 4. The van der Waals surface area contributed by atoms with Crippen LogP contribution in [0.25, 0.3) is 0 Å². The van der Waals surface area contributed by atoms with E-state index in [1.165, 1.54) is 36.1 Å². The lowest BCUT2D eigenvalue weighted by Gasteiger charge is -2.43. The summed E-state index contributed by atoms with van der Waals surface area (Å²) in [5, 5.41) is 3.79. The molecule has 0 amide bonds. The fourth-order valence-corrected chi connectivity index (χ4v) is 4.92. The second kappa shape index (κ2) is 5.97. The van der Waals surface area contributed by atoms with Crippen LogP contribution in [0, 0.1) is 25.2 Å². The van der Waals surface area contributed by atoms with Gasteiger partial charge in [0.05, 0.1) is 0 Å². The van der Waals surface area contributed by atoms with Crippen LogP contribution >= 0.6 is 11.3 Å². The van der Waals surface area contributed by atoms with E-state index in [-0.39, 0.29) is 0 Å². The van der Waals surface area contributed by atoms with E-state index in [9.17, 15) is 0 Å². The number of hydrogen-bond acceptors (Lipinski definition) is 2. The van der Waals surface area contributed by atoms with E-state index in [1.807, 2.05) is 11.3 Å². The van der Waals surface area contributed by atoms with Crippen molar-refractivity contribution in [2.24, 2.45) is 11.3 Å². The van der Waals surface area contributed by atoms with Gasteiger partial charge in [0, 0.05) is 15.8 Å². The molecule has 1 heterocycles. The quantitative estimate of drug-likeness (QED) is 0.795. The minimum absolute atomic E-state index is 0.468. The van der Waals surface area contributed by atoms with Crippen LogP contribution < -0.4 is 5.32 Å². The molecule has 1 aliphatic carbocycles. The summed E-state index contributed by atoms with van der Waals surface area (Å²) >= 11 is 1.99. The average Bonchev–Trinajstić information content (AvgIpc) is 2.65. The predicted molar refractivity (Wildman–Crippen MR) is 85.9 cm³/mol. The zero-order valence-corrected chi connectivity index (χ0v) is 14.0. The van der Waals surface area contributed by atoms with Gasteiger partial charge in [-0.05, 0) is 56.2 Å². The molecule has 2 rings (SSSR count). The molecule has 1 aliphatic rings. The lowest BCUT2D eigenvalue weighted by atomic mass is 9.65. The van der Waals surface area contributed by atoms with E-state index in [0.29, 0.717) is 11.5 Å². The van der Waals surface area contributed by atoms with E-state index < -0.39 is 0 Å². The van der Waals surface area contributed by atoms with Crippen LogP contribution in [0.1, 0.15) is 67.8 Å². The Kier molecular flexibility index (Phi) is 4.73. The van der Waals surface area contributed by atoms with Crippen LogP contribution in [0.2, 0.25) is 0 Å². The lowest BCUT2D eigenvalue weighted by Crippen LogP contribution is -2.39. The van der Waals surface area contributed by atoms with E-state index >= 15 is 0 Å². The summed E-state index contributed by atoms with van der Waals surface area (Å²) in [6, 6.07) is 2.90. The summed E-state index contributed by atoms with van der Waals surface area (Å²) in [6.45, 7) is 12.7. The van der Waals surface area contributed by atoms with Gasteiger partial charge in [0.15, 0.2) is 0 Å². The Morgan fingerprint density at radius 1 is 1.37 bits per heavy atom. The normalized spacial score (nSPS) is 24.4. The fraction of sp³-hybridized carbons (Fsp3) is 0.765. The molecular weight excluding hydrogens is 250 g/mol. The summed E-state index contributed by atoms with van der Waals surface area (Å²) in [5.41, 5.74) is 1.95. The van der Waals surface area contributed by atoms with Crippen molar-refractivity contribution in [1.82, 2.24) is 5.32 Å². The molecule has 0 spiro atoms. The highest BCUT2D eigenvalue weighted by molar-refractivity contribution is 7.12. The van der Waals surface area contributed by atoms with Crippen molar-refractivity contribution in [2.75, 3.05) is 6.54 Å². The van der Waals surface area contributed by atoms with Gasteiger partial charge < -0.3 is 5.32 Å². The molecule has 2 unspecified atom stereocenters. The van der Waals surface area contributed by atoms with Gasteiger partial charge in [0.2, 0.25) is 0 Å². The highest BCUT2D eigenvalue weighted by atomic mass is 32.1. The van der Waals surface area contributed by atoms with Gasteiger partial charge in [-0.25, -0.2) is 0 Å². The van der Waals surface area contributed by atoms with Gasteiger partial charge in [-0.3, -0.25) is 0 Å². The summed E-state index contributed by atoms with van der Waals surface area (Å²) in [5.74, 6) is 0.776. The van der Waals surface area contributed by atoms with Gasteiger partial charge >= 0.3 is 0 Å². The first-order valence-corrected chi connectivity index (χ1v) is 8.57. The molecule has 1 aromatic rings. The molecule has 0 bridgehead atoms. The van der Waals surface area contributed by atoms with Crippen molar-refractivity contribution in [3.63, 3.8) is 0 Å². The summed E-state index contributed by atoms with van der Waals surface area (Å²) < 4.78 is 0. The maximum atomic E-state index is 3.79. The van der Waals surface area contributed by atoms with Crippen LogP contribution in [0.5, 0.6) is 0 Å². The summed E-state index contributed by atoms with van der Waals surface area (Å²) in [7, 11) is 0. The van der Waals surface area contributed by atoms with Crippen molar-refractivity contribution in [3.8, 4) is 0 Å². The van der Waals surface area contributed by atoms with Crippen LogP contribution in [-0.2, 0) is 0 Å². The Labute approximate surface area is 122 Å². The third-order valence-corrected chi connectivity index (χ3v) is 6.01. The first kappa shape index (κ1) is 15.1. The molecule has 0 aliphatic heterocycles. The third kappa shape index (κ3) is 3.22. The molecule has 0 saturated heterocycles. The van der Waals surface area contributed by atoms with Crippen LogP contribution in [-0.4, -0.2) is 6.54 Å². The highest BCUT2D eigenvalue weighted by Gasteiger charge is 2.38. The van der Waals surface area contributed by atoms with Crippen LogP contribution in [0.4, 0.5) is 0 Å². The van der Waals surface area contributed by atoms with Gasteiger partial charge in [0.1, 0.15) is 0 Å². The molecular formula is C17H29NS. The first-order chi connectivity index (χ1) is 8.95. The molecule has 2 atom stereocenters. The molecule has 1 N–H and O–H groups in total. The number of aryl methyl sites for hydroxylation is 2. The van der Waals surface area contributed by atoms with Gasteiger partial charge in [-0.2, -0.15) is 0 Å². The maximum Gasteiger partial charge on any atom is 0.0451 e. The summed E-state index contributed by atoms with van der Waals surface area (Å²) in [4.78, 5) is 3.03. The molecule has 108 valence electrons. The number of hydrogen-bond donors (Lipinski definition) is 1. The molecule has 2 heteroatoms. The molecule has 1 aromatic heterocycles. The smallest absolute Gasteiger partial charge is 0.0451 e. The van der Waals surface area contributed by atoms with E-state index in [4.69, 9.17) is 0 Å². The second-order valence-corrected chi connectivity index (χ2v) is 8.07. The van der Waals surface area contributed by atoms with E-state index in [2.05, 4.69) is 46.0 Å². The average molecular weight is 279 g/mol. The topological polar surface area (TPSA) is 12.0 Å². The zero-order chi connectivity index (χ0) is 14.0. The van der Waals surface area contributed by atoms with Crippen molar-refractivity contribution in [1.29, 1.82) is 0 Å². The number of nitrogens with one attached hydrogen (secondary N) is 1. The van der Waals surface area contributed by atoms with Crippen molar-refractivity contribution in [2.45, 2.75) is 66.3 Å². The lowest BCUT2D eigenvalue weighted by molar-refractivity contribution is 0.0999. The predicted octanol–water partition coefficient (Wildman–Crippen LogP) is 5.23. The first-order valence-electron chi connectivity index (χ1n) is 7.76.